The van der Waals surface area contributed by atoms with Crippen molar-refractivity contribution in [1.82, 2.24) is 13.9 Å². The van der Waals surface area contributed by atoms with Crippen LogP contribution >= 0.6 is 11.6 Å². The molecular weight excluding hydrogens is 388 g/mol. The standard InChI is InChI=1S/C18H23ClN4O3S/c1-3-22-11-17(20-12-22)27(25,26)23-8-4-5-14(10-23)18(24)21-16-7-6-15(19)9-13(16)2/h6-7,9,11-12,14H,3-5,8,10H2,1-2H3,(H,21,24)/t14-/m0/s1. The average Bonchev–Trinajstić information content (AvgIpc) is 3.14. The van der Waals surface area contributed by atoms with E-state index >= 15 is 0 Å². The van der Waals surface area contributed by atoms with Crippen molar-refractivity contribution in [2.24, 2.45) is 5.92 Å². The number of anilines is 1. The Morgan fingerprint density at radius 3 is 2.85 bits per heavy atom. The molecule has 1 fully saturated rings. The summed E-state index contributed by atoms with van der Waals surface area (Å²) in [6, 6.07) is 5.25. The van der Waals surface area contributed by atoms with E-state index in [1.54, 1.807) is 22.8 Å². The Morgan fingerprint density at radius 2 is 2.19 bits per heavy atom. The molecule has 7 nitrogen and oxygen atoms in total. The van der Waals surface area contributed by atoms with Crippen LogP contribution in [0.4, 0.5) is 5.69 Å². The summed E-state index contributed by atoms with van der Waals surface area (Å²) in [4.78, 5) is 16.7. The molecule has 1 aromatic carbocycles. The first-order chi connectivity index (χ1) is 12.8. The summed E-state index contributed by atoms with van der Waals surface area (Å²) in [5, 5.41) is 3.52. The van der Waals surface area contributed by atoms with Gasteiger partial charge in [0.15, 0.2) is 5.03 Å². The van der Waals surface area contributed by atoms with Gasteiger partial charge in [-0.1, -0.05) is 11.6 Å². The summed E-state index contributed by atoms with van der Waals surface area (Å²) >= 11 is 5.95. The lowest BCUT2D eigenvalue weighted by Crippen LogP contribution is -2.43. The van der Waals surface area contributed by atoms with Gasteiger partial charge in [-0.3, -0.25) is 4.79 Å². The van der Waals surface area contributed by atoms with Crippen molar-refractivity contribution < 1.29 is 13.2 Å². The van der Waals surface area contributed by atoms with Crippen molar-refractivity contribution in [2.45, 2.75) is 38.3 Å². The van der Waals surface area contributed by atoms with Gasteiger partial charge in [0.2, 0.25) is 5.91 Å². The van der Waals surface area contributed by atoms with Gasteiger partial charge in [-0.25, -0.2) is 13.4 Å². The van der Waals surface area contributed by atoms with Crippen LogP contribution in [0.25, 0.3) is 0 Å². The number of amides is 1. The zero-order chi connectivity index (χ0) is 19.6. The molecule has 1 N–H and O–H groups in total. The Bertz CT molecular complexity index is 942. The van der Waals surface area contributed by atoms with Gasteiger partial charge in [-0.05, 0) is 50.5 Å². The predicted molar refractivity (Wildman–Crippen MR) is 104 cm³/mol. The maximum Gasteiger partial charge on any atom is 0.262 e. The zero-order valence-corrected chi connectivity index (χ0v) is 16.9. The van der Waals surface area contributed by atoms with Crippen LogP contribution in [-0.4, -0.2) is 41.3 Å². The van der Waals surface area contributed by atoms with Crippen LogP contribution in [-0.2, 0) is 21.4 Å². The molecule has 9 heteroatoms. The average molecular weight is 411 g/mol. The van der Waals surface area contributed by atoms with Crippen molar-refractivity contribution in [2.75, 3.05) is 18.4 Å². The lowest BCUT2D eigenvalue weighted by Gasteiger charge is -2.30. The molecule has 1 aliphatic heterocycles. The number of sulfonamides is 1. The quantitative estimate of drug-likeness (QED) is 0.821. The molecule has 0 aliphatic carbocycles. The van der Waals surface area contributed by atoms with Crippen molar-refractivity contribution in [3.63, 3.8) is 0 Å². The smallest absolute Gasteiger partial charge is 0.262 e. The molecule has 2 aromatic rings. The van der Waals surface area contributed by atoms with Crippen LogP contribution in [0.2, 0.25) is 5.02 Å². The molecule has 0 bridgehead atoms. The Balaban J connectivity index is 1.72. The van der Waals surface area contributed by atoms with E-state index < -0.39 is 15.9 Å². The molecule has 0 unspecified atom stereocenters. The van der Waals surface area contributed by atoms with Crippen LogP contribution < -0.4 is 5.32 Å². The maximum absolute atomic E-state index is 12.8. The number of aromatic nitrogens is 2. The minimum Gasteiger partial charge on any atom is -0.336 e. The summed E-state index contributed by atoms with van der Waals surface area (Å²) in [6.45, 7) is 4.97. The number of hydrogen-bond donors (Lipinski definition) is 1. The first kappa shape index (κ1) is 19.9. The van der Waals surface area contributed by atoms with Gasteiger partial charge in [0, 0.05) is 36.5 Å². The number of halogens is 1. The molecule has 1 aliphatic rings. The highest BCUT2D eigenvalue weighted by molar-refractivity contribution is 7.89. The molecule has 1 saturated heterocycles. The highest BCUT2D eigenvalue weighted by atomic mass is 35.5. The molecular formula is C18H23ClN4O3S. The number of hydrogen-bond acceptors (Lipinski definition) is 4. The molecule has 3 rings (SSSR count). The van der Waals surface area contributed by atoms with E-state index in [1.807, 2.05) is 13.8 Å². The second-order valence-corrected chi connectivity index (χ2v) is 9.01. The number of carbonyl (C=O) groups excluding carboxylic acids is 1. The van der Waals surface area contributed by atoms with Crippen molar-refractivity contribution in [3.05, 3.63) is 41.3 Å². The largest absolute Gasteiger partial charge is 0.336 e. The SMILES string of the molecule is CCn1cnc(S(=O)(=O)N2CCC[C@H](C(=O)Nc3ccc(Cl)cc3C)C2)c1. The molecule has 0 radical (unpaired) electrons. The third kappa shape index (κ3) is 4.34. The highest BCUT2D eigenvalue weighted by Gasteiger charge is 2.34. The Hall–Kier alpha value is -1.90. The van der Waals surface area contributed by atoms with E-state index in [1.165, 1.54) is 16.8 Å². The molecule has 146 valence electrons. The van der Waals surface area contributed by atoms with Crippen LogP contribution in [0.15, 0.2) is 35.7 Å². The summed E-state index contributed by atoms with van der Waals surface area (Å²) in [5.41, 5.74) is 1.55. The summed E-state index contributed by atoms with van der Waals surface area (Å²) < 4.78 is 28.7. The lowest BCUT2D eigenvalue weighted by molar-refractivity contribution is -0.120. The topological polar surface area (TPSA) is 84.3 Å². The van der Waals surface area contributed by atoms with E-state index in [0.29, 0.717) is 36.6 Å². The van der Waals surface area contributed by atoms with Crippen molar-refractivity contribution in [1.29, 1.82) is 0 Å². The number of benzene rings is 1. The summed E-state index contributed by atoms with van der Waals surface area (Å²) in [7, 11) is -3.70. The fourth-order valence-electron chi connectivity index (χ4n) is 3.15. The normalized spacial score (nSPS) is 18.4. The van der Waals surface area contributed by atoms with Gasteiger partial charge < -0.3 is 9.88 Å². The fourth-order valence-corrected chi connectivity index (χ4v) is 4.84. The number of carbonyl (C=O) groups is 1. The fraction of sp³-hybridized carbons (Fsp3) is 0.444. The van der Waals surface area contributed by atoms with Crippen molar-refractivity contribution >= 4 is 33.2 Å². The monoisotopic (exact) mass is 410 g/mol. The Labute approximate surface area is 164 Å². The second-order valence-electron chi connectivity index (χ2n) is 6.69. The number of piperidine rings is 1. The number of nitrogens with one attached hydrogen (secondary N) is 1. The number of rotatable bonds is 5. The van der Waals surface area contributed by atoms with Crippen LogP contribution in [0.5, 0.6) is 0 Å². The van der Waals surface area contributed by atoms with E-state index in [-0.39, 0.29) is 17.5 Å². The molecule has 1 atom stereocenters. The van der Waals surface area contributed by atoms with Crippen molar-refractivity contribution in [3.8, 4) is 0 Å². The third-order valence-corrected chi connectivity index (χ3v) is 6.77. The number of aryl methyl sites for hydroxylation is 2. The molecule has 27 heavy (non-hydrogen) atoms. The highest BCUT2D eigenvalue weighted by Crippen LogP contribution is 2.25. The minimum atomic E-state index is -3.70. The Kier molecular flexibility index (Phi) is 5.88. The Morgan fingerprint density at radius 1 is 1.41 bits per heavy atom. The van der Waals surface area contributed by atoms with E-state index in [0.717, 1.165) is 5.56 Å². The van der Waals surface area contributed by atoms with Gasteiger partial charge in [0.25, 0.3) is 10.0 Å². The van der Waals surface area contributed by atoms with Gasteiger partial charge in [0.05, 0.1) is 12.2 Å². The third-order valence-electron chi connectivity index (χ3n) is 4.78. The second kappa shape index (κ2) is 8.00. The minimum absolute atomic E-state index is 0.0268. The molecule has 0 spiro atoms. The number of nitrogens with zero attached hydrogens (tertiary/aromatic N) is 3. The molecule has 0 saturated carbocycles. The van der Waals surface area contributed by atoms with E-state index in [9.17, 15) is 13.2 Å². The maximum atomic E-state index is 12.8. The van der Waals surface area contributed by atoms with E-state index in [4.69, 9.17) is 11.6 Å². The van der Waals surface area contributed by atoms with Gasteiger partial charge >= 0.3 is 0 Å². The van der Waals surface area contributed by atoms with E-state index in [2.05, 4.69) is 10.3 Å². The summed E-state index contributed by atoms with van der Waals surface area (Å²) in [6.07, 6.45) is 4.31. The molecule has 2 heterocycles. The first-order valence-electron chi connectivity index (χ1n) is 8.90. The predicted octanol–water partition coefficient (Wildman–Crippen LogP) is 2.90. The zero-order valence-electron chi connectivity index (χ0n) is 15.4. The van der Waals surface area contributed by atoms with Gasteiger partial charge in [-0.2, -0.15) is 4.31 Å². The summed E-state index contributed by atoms with van der Waals surface area (Å²) in [5.74, 6) is -0.587. The molecule has 1 aromatic heterocycles. The lowest BCUT2D eigenvalue weighted by atomic mass is 9.98. The van der Waals surface area contributed by atoms with Crippen LogP contribution in [0, 0.1) is 12.8 Å². The van der Waals surface area contributed by atoms with Crippen LogP contribution in [0.3, 0.4) is 0 Å². The van der Waals surface area contributed by atoms with Crippen LogP contribution in [0.1, 0.15) is 25.3 Å². The first-order valence-corrected chi connectivity index (χ1v) is 10.7. The van der Waals surface area contributed by atoms with Gasteiger partial charge in [0.1, 0.15) is 0 Å². The molecule has 1 amide bonds. The van der Waals surface area contributed by atoms with Gasteiger partial charge in [-0.15, -0.1) is 0 Å². The number of imidazole rings is 1.